The maximum Gasteiger partial charge on any atom is 0.142 e. The Kier molecular flexibility index (Phi) is 4.61. The first kappa shape index (κ1) is 14.5. The molecule has 0 fully saturated rings. The van der Waals surface area contributed by atoms with Crippen LogP contribution < -0.4 is 5.73 Å². The molecule has 2 N–H and O–H groups in total. The Hall–Kier alpha value is -0.900. The van der Waals surface area contributed by atoms with E-state index < -0.39 is 5.82 Å². The van der Waals surface area contributed by atoms with Gasteiger partial charge in [0.15, 0.2) is 0 Å². The number of hydrogen-bond donors (Lipinski definition) is 1. The van der Waals surface area contributed by atoms with Crippen LogP contribution in [0, 0.1) is 12.7 Å². The van der Waals surface area contributed by atoms with Crippen molar-refractivity contribution >= 4 is 27.5 Å². The Balaban J connectivity index is 2.17. The molecule has 0 spiro atoms. The zero-order chi connectivity index (χ0) is 14.0. The van der Waals surface area contributed by atoms with Crippen LogP contribution in [0.5, 0.6) is 0 Å². The molecule has 0 saturated heterocycles. The molecule has 0 radical (unpaired) electrons. The Morgan fingerprint density at radius 1 is 1.26 bits per heavy atom. The predicted octanol–water partition coefficient (Wildman–Crippen LogP) is 4.79. The van der Waals surface area contributed by atoms with Gasteiger partial charge in [0.05, 0.1) is 5.02 Å². The molecule has 0 heterocycles. The molecule has 2 rings (SSSR count). The van der Waals surface area contributed by atoms with Crippen molar-refractivity contribution in [1.29, 1.82) is 0 Å². The van der Waals surface area contributed by atoms with E-state index in [-0.39, 0.29) is 11.1 Å². The Morgan fingerprint density at radius 2 is 2.00 bits per heavy atom. The third-order valence-electron chi connectivity index (χ3n) is 3.06. The third-order valence-corrected chi connectivity index (χ3v) is 4.22. The van der Waals surface area contributed by atoms with Crippen LogP contribution in [-0.4, -0.2) is 0 Å². The van der Waals surface area contributed by atoms with Gasteiger partial charge in [-0.1, -0.05) is 45.7 Å². The first-order valence-corrected chi connectivity index (χ1v) is 7.10. The number of aryl methyl sites for hydroxylation is 1. The largest absolute Gasteiger partial charge is 0.324 e. The SMILES string of the molecule is Cc1ccc(C(N)Cc2ccc(Cl)c(F)c2)cc1Br. The van der Waals surface area contributed by atoms with Crippen LogP contribution >= 0.6 is 27.5 Å². The van der Waals surface area contributed by atoms with Gasteiger partial charge >= 0.3 is 0 Å². The molecule has 4 heteroatoms. The minimum absolute atomic E-state index is 0.135. The molecule has 1 atom stereocenters. The van der Waals surface area contributed by atoms with Gasteiger partial charge in [0.25, 0.3) is 0 Å². The van der Waals surface area contributed by atoms with E-state index in [1.807, 2.05) is 25.1 Å². The van der Waals surface area contributed by atoms with E-state index in [0.29, 0.717) is 6.42 Å². The Morgan fingerprint density at radius 3 is 2.63 bits per heavy atom. The van der Waals surface area contributed by atoms with Gasteiger partial charge in [-0.15, -0.1) is 0 Å². The zero-order valence-electron chi connectivity index (χ0n) is 10.5. The monoisotopic (exact) mass is 341 g/mol. The van der Waals surface area contributed by atoms with E-state index in [0.717, 1.165) is 21.2 Å². The van der Waals surface area contributed by atoms with Crippen molar-refractivity contribution in [2.75, 3.05) is 0 Å². The lowest BCUT2D eigenvalue weighted by Crippen LogP contribution is -2.13. The summed E-state index contributed by atoms with van der Waals surface area (Å²) >= 11 is 9.15. The molecule has 2 aromatic carbocycles. The summed E-state index contributed by atoms with van der Waals surface area (Å²) in [5.74, 6) is -0.406. The molecule has 1 unspecified atom stereocenters. The maximum absolute atomic E-state index is 13.4. The van der Waals surface area contributed by atoms with Crippen molar-refractivity contribution < 1.29 is 4.39 Å². The van der Waals surface area contributed by atoms with Gasteiger partial charge in [0.1, 0.15) is 5.82 Å². The number of benzene rings is 2. The van der Waals surface area contributed by atoms with Crippen LogP contribution in [0.3, 0.4) is 0 Å². The molecule has 0 aliphatic rings. The Bertz CT molecular complexity index is 601. The third kappa shape index (κ3) is 3.56. The summed E-state index contributed by atoms with van der Waals surface area (Å²) in [4.78, 5) is 0. The van der Waals surface area contributed by atoms with Gasteiger partial charge in [0, 0.05) is 10.5 Å². The van der Waals surface area contributed by atoms with Gasteiger partial charge in [0.2, 0.25) is 0 Å². The number of halogens is 3. The molecular formula is C15H14BrClFN. The van der Waals surface area contributed by atoms with Gasteiger partial charge in [-0.3, -0.25) is 0 Å². The molecule has 0 bridgehead atoms. The highest BCUT2D eigenvalue weighted by atomic mass is 79.9. The first-order chi connectivity index (χ1) is 8.97. The van der Waals surface area contributed by atoms with E-state index >= 15 is 0 Å². The fourth-order valence-corrected chi connectivity index (χ4v) is 2.39. The van der Waals surface area contributed by atoms with Gasteiger partial charge < -0.3 is 5.73 Å². The highest BCUT2D eigenvalue weighted by Gasteiger charge is 2.10. The van der Waals surface area contributed by atoms with Gasteiger partial charge in [-0.2, -0.15) is 0 Å². The van der Waals surface area contributed by atoms with Crippen molar-refractivity contribution in [1.82, 2.24) is 0 Å². The number of nitrogens with two attached hydrogens (primary N) is 1. The minimum Gasteiger partial charge on any atom is -0.324 e. The predicted molar refractivity (Wildman–Crippen MR) is 80.9 cm³/mol. The molecule has 1 nitrogen and oxygen atoms in total. The van der Waals surface area contributed by atoms with Crippen LogP contribution in [0.15, 0.2) is 40.9 Å². The topological polar surface area (TPSA) is 26.0 Å². The second-order valence-electron chi connectivity index (χ2n) is 4.57. The van der Waals surface area contributed by atoms with Crippen LogP contribution in [0.4, 0.5) is 4.39 Å². The molecule has 0 saturated carbocycles. The minimum atomic E-state index is -0.406. The summed E-state index contributed by atoms with van der Waals surface area (Å²) in [7, 11) is 0. The molecule has 0 aliphatic heterocycles. The second kappa shape index (κ2) is 6.04. The van der Waals surface area contributed by atoms with Crippen molar-refractivity contribution in [3.63, 3.8) is 0 Å². The van der Waals surface area contributed by atoms with E-state index in [4.69, 9.17) is 17.3 Å². The molecule has 100 valence electrons. The molecule has 0 aliphatic carbocycles. The molecule has 19 heavy (non-hydrogen) atoms. The summed E-state index contributed by atoms with van der Waals surface area (Å²) in [5.41, 5.74) is 9.18. The van der Waals surface area contributed by atoms with Crippen LogP contribution in [0.25, 0.3) is 0 Å². The van der Waals surface area contributed by atoms with Crippen molar-refractivity contribution in [2.24, 2.45) is 5.73 Å². The standard InChI is InChI=1S/C15H14BrClFN/c1-9-2-4-11(8-12(9)16)15(19)7-10-3-5-13(17)14(18)6-10/h2-6,8,15H,7,19H2,1H3. The average molecular weight is 343 g/mol. The fraction of sp³-hybridized carbons (Fsp3) is 0.200. The zero-order valence-corrected chi connectivity index (χ0v) is 12.8. The highest BCUT2D eigenvalue weighted by molar-refractivity contribution is 9.10. The average Bonchev–Trinajstić information content (AvgIpc) is 2.37. The van der Waals surface area contributed by atoms with Crippen LogP contribution in [-0.2, 0) is 6.42 Å². The Labute approximate surface area is 125 Å². The lowest BCUT2D eigenvalue weighted by molar-refractivity contribution is 0.622. The number of rotatable bonds is 3. The van der Waals surface area contributed by atoms with Gasteiger partial charge in [-0.25, -0.2) is 4.39 Å². The smallest absolute Gasteiger partial charge is 0.142 e. The quantitative estimate of drug-likeness (QED) is 0.852. The maximum atomic E-state index is 13.4. The van der Waals surface area contributed by atoms with Crippen molar-refractivity contribution in [3.8, 4) is 0 Å². The van der Waals surface area contributed by atoms with E-state index in [1.54, 1.807) is 12.1 Å². The first-order valence-electron chi connectivity index (χ1n) is 5.93. The van der Waals surface area contributed by atoms with E-state index in [2.05, 4.69) is 15.9 Å². The molecule has 0 amide bonds. The molecule has 2 aromatic rings. The molecular weight excluding hydrogens is 329 g/mol. The van der Waals surface area contributed by atoms with Crippen LogP contribution in [0.1, 0.15) is 22.7 Å². The van der Waals surface area contributed by atoms with Gasteiger partial charge in [-0.05, 0) is 48.2 Å². The summed E-state index contributed by atoms with van der Waals surface area (Å²) < 4.78 is 14.4. The fourth-order valence-electron chi connectivity index (χ4n) is 1.88. The summed E-state index contributed by atoms with van der Waals surface area (Å²) in [6.45, 7) is 2.02. The summed E-state index contributed by atoms with van der Waals surface area (Å²) in [6.07, 6.45) is 0.573. The normalized spacial score (nSPS) is 12.5. The van der Waals surface area contributed by atoms with Crippen molar-refractivity contribution in [2.45, 2.75) is 19.4 Å². The highest BCUT2D eigenvalue weighted by Crippen LogP contribution is 2.24. The lowest BCUT2D eigenvalue weighted by Gasteiger charge is -2.13. The van der Waals surface area contributed by atoms with Crippen molar-refractivity contribution in [3.05, 3.63) is 68.4 Å². The van der Waals surface area contributed by atoms with E-state index in [1.165, 1.54) is 6.07 Å². The lowest BCUT2D eigenvalue weighted by atomic mass is 9.99. The molecule has 0 aromatic heterocycles. The summed E-state index contributed by atoms with van der Waals surface area (Å²) in [5, 5.41) is 0.135. The summed E-state index contributed by atoms with van der Waals surface area (Å²) in [6, 6.07) is 10.6. The van der Waals surface area contributed by atoms with E-state index in [9.17, 15) is 4.39 Å². The second-order valence-corrected chi connectivity index (χ2v) is 5.83. The number of hydrogen-bond acceptors (Lipinski definition) is 1. The van der Waals surface area contributed by atoms with Crippen LogP contribution in [0.2, 0.25) is 5.02 Å².